The topological polar surface area (TPSA) is 66.4 Å². The van der Waals surface area contributed by atoms with Crippen molar-refractivity contribution in [3.63, 3.8) is 0 Å². The zero-order chi connectivity index (χ0) is 18.0. The molecule has 3 rings (SSSR count). The number of hydrogen-bond acceptors (Lipinski definition) is 3. The van der Waals surface area contributed by atoms with E-state index in [1.807, 2.05) is 50.2 Å². The van der Waals surface area contributed by atoms with E-state index in [2.05, 4.69) is 5.32 Å². The summed E-state index contributed by atoms with van der Waals surface area (Å²) >= 11 is 1.26. The van der Waals surface area contributed by atoms with E-state index < -0.39 is 5.97 Å². The van der Waals surface area contributed by atoms with Gasteiger partial charge in [-0.3, -0.25) is 4.79 Å². The number of carboxylic acids is 1. The standard InChI is InChI=1S/C20H17NO3S/c1-12-8-9-15(10-13(12)2)18(22)21-19-16(20(23)24)11-17(25-19)14-6-4-3-5-7-14/h3-11H,1-2H3,(H,21,22)(H,23,24). The second-order valence-electron chi connectivity index (χ2n) is 5.78. The highest BCUT2D eigenvalue weighted by Gasteiger charge is 2.19. The Morgan fingerprint density at radius 1 is 0.960 bits per heavy atom. The summed E-state index contributed by atoms with van der Waals surface area (Å²) in [7, 11) is 0. The maximum Gasteiger partial charge on any atom is 0.338 e. The van der Waals surface area contributed by atoms with Gasteiger partial charge in [0.15, 0.2) is 0 Å². The molecule has 0 saturated heterocycles. The van der Waals surface area contributed by atoms with E-state index in [-0.39, 0.29) is 11.5 Å². The Labute approximate surface area is 149 Å². The van der Waals surface area contributed by atoms with Gasteiger partial charge in [-0.15, -0.1) is 11.3 Å². The Morgan fingerprint density at radius 2 is 1.68 bits per heavy atom. The number of carbonyl (C=O) groups is 2. The second-order valence-corrected chi connectivity index (χ2v) is 6.83. The van der Waals surface area contributed by atoms with Gasteiger partial charge in [0.05, 0.1) is 5.56 Å². The Morgan fingerprint density at radius 3 is 2.32 bits per heavy atom. The van der Waals surface area contributed by atoms with Crippen molar-refractivity contribution in [3.05, 3.63) is 76.9 Å². The van der Waals surface area contributed by atoms with E-state index in [4.69, 9.17) is 0 Å². The molecular weight excluding hydrogens is 334 g/mol. The first-order valence-corrected chi connectivity index (χ1v) is 8.58. The fourth-order valence-electron chi connectivity index (χ4n) is 2.45. The molecule has 0 unspecified atom stereocenters. The highest BCUT2D eigenvalue weighted by Crippen LogP contribution is 2.35. The minimum atomic E-state index is -1.06. The predicted octanol–water partition coefficient (Wildman–Crippen LogP) is 4.98. The molecule has 5 heteroatoms. The minimum Gasteiger partial charge on any atom is -0.478 e. The van der Waals surface area contributed by atoms with Crippen LogP contribution >= 0.6 is 11.3 Å². The average Bonchev–Trinajstić information content (AvgIpc) is 3.02. The van der Waals surface area contributed by atoms with Crippen LogP contribution in [0.2, 0.25) is 0 Å². The molecule has 2 aromatic carbocycles. The number of anilines is 1. The summed E-state index contributed by atoms with van der Waals surface area (Å²) in [6, 6.07) is 16.5. The monoisotopic (exact) mass is 351 g/mol. The summed E-state index contributed by atoms with van der Waals surface area (Å²) < 4.78 is 0. The summed E-state index contributed by atoms with van der Waals surface area (Å²) in [5.41, 5.74) is 3.64. The molecule has 0 bridgehead atoms. The number of hydrogen-bond donors (Lipinski definition) is 2. The van der Waals surface area contributed by atoms with E-state index in [0.717, 1.165) is 21.6 Å². The highest BCUT2D eigenvalue weighted by molar-refractivity contribution is 7.20. The second kappa shape index (κ2) is 6.91. The largest absolute Gasteiger partial charge is 0.478 e. The van der Waals surface area contributed by atoms with Crippen LogP contribution in [0.3, 0.4) is 0 Å². The van der Waals surface area contributed by atoms with Gasteiger partial charge in [-0.25, -0.2) is 4.79 Å². The van der Waals surface area contributed by atoms with Gasteiger partial charge < -0.3 is 10.4 Å². The molecule has 0 aliphatic heterocycles. The summed E-state index contributed by atoms with van der Waals surface area (Å²) in [5.74, 6) is -1.37. The van der Waals surface area contributed by atoms with Crippen molar-refractivity contribution in [2.45, 2.75) is 13.8 Å². The summed E-state index contributed by atoms with van der Waals surface area (Å²) in [4.78, 5) is 24.8. The predicted molar refractivity (Wildman–Crippen MR) is 101 cm³/mol. The van der Waals surface area contributed by atoms with E-state index in [0.29, 0.717) is 10.6 Å². The Bertz CT molecular complexity index is 945. The lowest BCUT2D eigenvalue weighted by atomic mass is 10.1. The number of benzene rings is 2. The Balaban J connectivity index is 1.93. The van der Waals surface area contributed by atoms with Crippen LogP contribution in [0, 0.1) is 13.8 Å². The van der Waals surface area contributed by atoms with Crippen molar-refractivity contribution in [2.75, 3.05) is 5.32 Å². The number of amides is 1. The van der Waals surface area contributed by atoms with Gasteiger partial charge in [0, 0.05) is 10.4 Å². The van der Waals surface area contributed by atoms with Gasteiger partial charge in [-0.2, -0.15) is 0 Å². The lowest BCUT2D eigenvalue weighted by Gasteiger charge is -2.06. The molecule has 0 fully saturated rings. The van der Waals surface area contributed by atoms with Crippen LogP contribution < -0.4 is 5.32 Å². The molecule has 2 N–H and O–H groups in total. The number of rotatable bonds is 4. The van der Waals surface area contributed by atoms with E-state index >= 15 is 0 Å². The van der Waals surface area contributed by atoms with E-state index in [1.165, 1.54) is 11.3 Å². The number of thiophene rings is 1. The molecule has 25 heavy (non-hydrogen) atoms. The molecule has 0 radical (unpaired) electrons. The third kappa shape index (κ3) is 3.61. The van der Waals surface area contributed by atoms with Crippen molar-refractivity contribution in [2.24, 2.45) is 0 Å². The number of carboxylic acid groups (broad SMARTS) is 1. The molecule has 1 aromatic heterocycles. The van der Waals surface area contributed by atoms with Crippen molar-refractivity contribution >= 4 is 28.2 Å². The fourth-order valence-corrected chi connectivity index (χ4v) is 3.50. The Hall–Kier alpha value is -2.92. The first kappa shape index (κ1) is 16.9. The lowest BCUT2D eigenvalue weighted by molar-refractivity contribution is 0.0698. The molecular formula is C20H17NO3S. The maximum atomic E-state index is 12.5. The SMILES string of the molecule is Cc1ccc(C(=O)Nc2sc(-c3ccccc3)cc2C(=O)O)cc1C. The summed E-state index contributed by atoms with van der Waals surface area (Å²) in [6.45, 7) is 3.92. The number of carbonyl (C=O) groups excluding carboxylic acids is 1. The lowest BCUT2D eigenvalue weighted by Crippen LogP contribution is -2.13. The average molecular weight is 351 g/mol. The molecule has 1 amide bonds. The molecule has 4 nitrogen and oxygen atoms in total. The smallest absolute Gasteiger partial charge is 0.338 e. The summed E-state index contributed by atoms with van der Waals surface area (Å²) in [6.07, 6.45) is 0. The van der Waals surface area contributed by atoms with Crippen molar-refractivity contribution in [1.82, 2.24) is 0 Å². The van der Waals surface area contributed by atoms with Crippen molar-refractivity contribution in [1.29, 1.82) is 0 Å². The zero-order valence-electron chi connectivity index (χ0n) is 13.9. The van der Waals surface area contributed by atoms with Gasteiger partial charge in [0.2, 0.25) is 0 Å². The molecule has 0 saturated carbocycles. The van der Waals surface area contributed by atoms with Gasteiger partial charge in [-0.1, -0.05) is 36.4 Å². The van der Waals surface area contributed by atoms with Gasteiger partial charge in [0.1, 0.15) is 5.00 Å². The molecule has 1 heterocycles. The zero-order valence-corrected chi connectivity index (χ0v) is 14.7. The third-order valence-corrected chi connectivity index (χ3v) is 5.12. The fraction of sp³-hybridized carbons (Fsp3) is 0.100. The molecule has 126 valence electrons. The van der Waals surface area contributed by atoms with Crippen LogP contribution in [0.15, 0.2) is 54.6 Å². The molecule has 0 spiro atoms. The molecule has 0 aliphatic carbocycles. The van der Waals surface area contributed by atoms with E-state index in [9.17, 15) is 14.7 Å². The molecule has 0 aliphatic rings. The molecule has 3 aromatic rings. The normalized spacial score (nSPS) is 10.5. The first-order chi connectivity index (χ1) is 12.0. The van der Waals surface area contributed by atoms with Crippen LogP contribution in [0.1, 0.15) is 31.8 Å². The van der Waals surface area contributed by atoms with Crippen LogP contribution in [0.5, 0.6) is 0 Å². The number of nitrogens with one attached hydrogen (secondary N) is 1. The van der Waals surface area contributed by atoms with Crippen molar-refractivity contribution < 1.29 is 14.7 Å². The van der Waals surface area contributed by atoms with Crippen LogP contribution in [0.25, 0.3) is 10.4 Å². The first-order valence-electron chi connectivity index (χ1n) is 7.77. The van der Waals surface area contributed by atoms with E-state index in [1.54, 1.807) is 18.2 Å². The Kier molecular flexibility index (Phi) is 4.67. The van der Waals surface area contributed by atoms with Crippen LogP contribution in [-0.2, 0) is 0 Å². The van der Waals surface area contributed by atoms with Gasteiger partial charge >= 0.3 is 5.97 Å². The number of aryl methyl sites for hydroxylation is 2. The number of aromatic carboxylic acids is 1. The highest BCUT2D eigenvalue weighted by atomic mass is 32.1. The third-order valence-electron chi connectivity index (χ3n) is 4.02. The van der Waals surface area contributed by atoms with Crippen LogP contribution in [0.4, 0.5) is 5.00 Å². The summed E-state index contributed by atoms with van der Waals surface area (Å²) in [5, 5.41) is 12.5. The van der Waals surface area contributed by atoms with Crippen molar-refractivity contribution in [3.8, 4) is 10.4 Å². The van der Waals surface area contributed by atoms with Crippen LogP contribution in [-0.4, -0.2) is 17.0 Å². The van der Waals surface area contributed by atoms with Gasteiger partial charge in [-0.05, 0) is 48.7 Å². The molecule has 0 atom stereocenters. The minimum absolute atomic E-state index is 0.0982. The van der Waals surface area contributed by atoms with Gasteiger partial charge in [0.25, 0.3) is 5.91 Å². The quantitative estimate of drug-likeness (QED) is 0.696. The maximum absolute atomic E-state index is 12.5.